The van der Waals surface area contributed by atoms with Gasteiger partial charge in [-0.25, -0.2) is 4.68 Å². The Bertz CT molecular complexity index is 760. The third kappa shape index (κ3) is 3.07. The Balaban J connectivity index is 1.43. The van der Waals surface area contributed by atoms with Crippen LogP contribution >= 0.6 is 0 Å². The van der Waals surface area contributed by atoms with Crippen molar-refractivity contribution in [2.75, 3.05) is 26.2 Å². The lowest BCUT2D eigenvalue weighted by Gasteiger charge is -2.36. The summed E-state index contributed by atoms with van der Waals surface area (Å²) in [7, 11) is 0. The van der Waals surface area contributed by atoms with Crippen molar-refractivity contribution in [3.05, 3.63) is 27.7 Å². The average Bonchev–Trinajstić information content (AvgIpc) is 3.38. The predicted molar refractivity (Wildman–Crippen MR) is 91.1 cm³/mol. The number of carbonyl (C=O) groups excluding carboxylic acids is 2. The molecule has 1 aromatic rings. The lowest BCUT2D eigenvalue weighted by atomic mass is 10.2. The van der Waals surface area contributed by atoms with Crippen LogP contribution in [0.1, 0.15) is 43.5 Å². The fraction of sp³-hybridized carbons (Fsp3) is 0.667. The molecule has 7 heteroatoms. The van der Waals surface area contributed by atoms with Gasteiger partial charge < -0.3 is 9.80 Å². The molecular formula is C18H24N4O3. The summed E-state index contributed by atoms with van der Waals surface area (Å²) in [6, 6.07) is 1.02. The highest BCUT2D eigenvalue weighted by Crippen LogP contribution is 2.31. The number of hydrogen-bond donors (Lipinski definition) is 0. The number of carbonyl (C=O) groups is 2. The summed E-state index contributed by atoms with van der Waals surface area (Å²) >= 11 is 0. The monoisotopic (exact) mass is 344 g/mol. The number of aryl methyl sites for hydroxylation is 2. The van der Waals surface area contributed by atoms with Crippen LogP contribution in [-0.4, -0.2) is 57.6 Å². The summed E-state index contributed by atoms with van der Waals surface area (Å²) in [5.74, 6) is 0.359. The second-order valence-electron chi connectivity index (χ2n) is 7.35. The zero-order valence-electron chi connectivity index (χ0n) is 14.6. The van der Waals surface area contributed by atoms with Crippen molar-refractivity contribution in [2.24, 2.45) is 5.92 Å². The molecule has 25 heavy (non-hydrogen) atoms. The average molecular weight is 344 g/mol. The maximum Gasteiger partial charge on any atom is 0.267 e. The van der Waals surface area contributed by atoms with Crippen LogP contribution in [0.4, 0.5) is 0 Å². The second kappa shape index (κ2) is 6.28. The lowest BCUT2D eigenvalue weighted by molar-refractivity contribution is -0.142. The van der Waals surface area contributed by atoms with Gasteiger partial charge in [-0.15, -0.1) is 0 Å². The van der Waals surface area contributed by atoms with Gasteiger partial charge in [0.1, 0.15) is 6.04 Å². The molecule has 1 atom stereocenters. The number of fused-ring (bicyclic) bond motifs is 1. The molecule has 2 amide bonds. The van der Waals surface area contributed by atoms with Crippen LogP contribution in [-0.2, 0) is 22.4 Å². The van der Waals surface area contributed by atoms with Gasteiger partial charge in [-0.1, -0.05) is 0 Å². The SMILES string of the molecule is C[C@H](C(=O)N1CCN(C(=O)C2CC2)CC1)n1nc2c(cc1=O)CCC2. The molecule has 1 saturated heterocycles. The van der Waals surface area contributed by atoms with E-state index < -0.39 is 6.04 Å². The summed E-state index contributed by atoms with van der Waals surface area (Å²) in [4.78, 5) is 40.8. The molecule has 0 aromatic carbocycles. The van der Waals surface area contributed by atoms with E-state index in [1.54, 1.807) is 17.9 Å². The van der Waals surface area contributed by atoms with Crippen molar-refractivity contribution >= 4 is 11.8 Å². The maximum atomic E-state index is 12.8. The Kier molecular flexibility index (Phi) is 4.09. The Labute approximate surface area is 146 Å². The first-order valence-electron chi connectivity index (χ1n) is 9.24. The molecule has 0 N–H and O–H groups in total. The summed E-state index contributed by atoms with van der Waals surface area (Å²) in [5.41, 5.74) is 1.76. The summed E-state index contributed by atoms with van der Waals surface area (Å²) in [6.45, 7) is 3.96. The minimum absolute atomic E-state index is 0.0916. The molecule has 0 bridgehead atoms. The zero-order chi connectivity index (χ0) is 17.6. The predicted octanol–water partition coefficient (Wildman–Crippen LogP) is 0.374. The van der Waals surface area contributed by atoms with E-state index in [0.717, 1.165) is 43.4 Å². The first-order chi connectivity index (χ1) is 12.0. The van der Waals surface area contributed by atoms with Gasteiger partial charge in [0.2, 0.25) is 11.8 Å². The van der Waals surface area contributed by atoms with Crippen molar-refractivity contribution in [2.45, 2.75) is 45.1 Å². The smallest absolute Gasteiger partial charge is 0.267 e. The number of nitrogens with zero attached hydrogens (tertiary/aromatic N) is 4. The minimum Gasteiger partial charge on any atom is -0.339 e. The molecule has 2 aliphatic carbocycles. The molecule has 4 rings (SSSR count). The number of amides is 2. The van der Waals surface area contributed by atoms with Gasteiger partial charge in [-0.2, -0.15) is 5.10 Å². The lowest BCUT2D eigenvalue weighted by Crippen LogP contribution is -2.52. The van der Waals surface area contributed by atoms with Crippen LogP contribution in [0.2, 0.25) is 0 Å². The van der Waals surface area contributed by atoms with E-state index in [-0.39, 0.29) is 23.3 Å². The van der Waals surface area contributed by atoms with Crippen molar-refractivity contribution in [3.8, 4) is 0 Å². The summed E-state index contributed by atoms with van der Waals surface area (Å²) in [5, 5.41) is 4.44. The third-order valence-electron chi connectivity index (χ3n) is 5.54. The normalized spacial score (nSPS) is 21.2. The van der Waals surface area contributed by atoms with E-state index in [0.29, 0.717) is 26.2 Å². The Morgan fingerprint density at radius 1 is 1.12 bits per heavy atom. The van der Waals surface area contributed by atoms with Gasteiger partial charge in [0.05, 0.1) is 5.69 Å². The van der Waals surface area contributed by atoms with Gasteiger partial charge in [-0.3, -0.25) is 14.4 Å². The van der Waals surface area contributed by atoms with Crippen molar-refractivity contribution < 1.29 is 9.59 Å². The van der Waals surface area contributed by atoms with Crippen molar-refractivity contribution in [3.63, 3.8) is 0 Å². The van der Waals surface area contributed by atoms with Gasteiger partial charge in [-0.05, 0) is 44.6 Å². The first-order valence-corrected chi connectivity index (χ1v) is 9.24. The molecule has 7 nitrogen and oxygen atoms in total. The Hall–Kier alpha value is -2.18. The van der Waals surface area contributed by atoms with Gasteiger partial charge in [0.15, 0.2) is 0 Å². The maximum absolute atomic E-state index is 12.8. The number of rotatable bonds is 3. The first kappa shape index (κ1) is 16.3. The van der Waals surface area contributed by atoms with E-state index in [2.05, 4.69) is 5.10 Å². The topological polar surface area (TPSA) is 75.5 Å². The Morgan fingerprint density at radius 2 is 1.80 bits per heavy atom. The standard InChI is InChI=1S/C18H24N4O3/c1-12(22-16(23)11-14-3-2-4-15(14)19-22)17(24)20-7-9-21(10-8-20)18(25)13-5-6-13/h11-13H,2-10H2,1H3/t12-/m1/s1. The molecule has 0 unspecified atom stereocenters. The molecule has 134 valence electrons. The van der Waals surface area contributed by atoms with Crippen LogP contribution < -0.4 is 5.56 Å². The van der Waals surface area contributed by atoms with Crippen LogP contribution in [0, 0.1) is 5.92 Å². The summed E-state index contributed by atoms with van der Waals surface area (Å²) in [6.07, 6.45) is 4.80. The number of piperazine rings is 1. The highest BCUT2D eigenvalue weighted by atomic mass is 16.2. The van der Waals surface area contributed by atoms with E-state index in [1.807, 2.05) is 4.90 Å². The van der Waals surface area contributed by atoms with E-state index in [9.17, 15) is 14.4 Å². The molecule has 0 radical (unpaired) electrons. The van der Waals surface area contributed by atoms with Crippen LogP contribution in [0.5, 0.6) is 0 Å². The second-order valence-corrected chi connectivity index (χ2v) is 7.35. The van der Waals surface area contributed by atoms with E-state index >= 15 is 0 Å². The largest absolute Gasteiger partial charge is 0.339 e. The number of aromatic nitrogens is 2. The molecular weight excluding hydrogens is 320 g/mol. The molecule has 1 aromatic heterocycles. The minimum atomic E-state index is -0.607. The molecule has 1 saturated carbocycles. The van der Waals surface area contributed by atoms with Crippen molar-refractivity contribution in [1.82, 2.24) is 19.6 Å². The van der Waals surface area contributed by atoms with E-state index in [1.165, 1.54) is 4.68 Å². The van der Waals surface area contributed by atoms with Crippen LogP contribution in [0.25, 0.3) is 0 Å². The zero-order valence-corrected chi connectivity index (χ0v) is 14.6. The Morgan fingerprint density at radius 3 is 2.48 bits per heavy atom. The molecule has 3 aliphatic rings. The fourth-order valence-corrected chi connectivity index (χ4v) is 3.80. The van der Waals surface area contributed by atoms with Gasteiger partial charge >= 0.3 is 0 Å². The van der Waals surface area contributed by atoms with Crippen LogP contribution in [0.15, 0.2) is 10.9 Å². The van der Waals surface area contributed by atoms with Gasteiger partial charge in [0, 0.05) is 38.2 Å². The van der Waals surface area contributed by atoms with Gasteiger partial charge in [0.25, 0.3) is 5.56 Å². The molecule has 2 heterocycles. The molecule has 2 fully saturated rings. The highest BCUT2D eigenvalue weighted by Gasteiger charge is 2.36. The quantitative estimate of drug-likeness (QED) is 0.794. The third-order valence-corrected chi connectivity index (χ3v) is 5.54. The van der Waals surface area contributed by atoms with Crippen molar-refractivity contribution in [1.29, 1.82) is 0 Å². The summed E-state index contributed by atoms with van der Waals surface area (Å²) < 4.78 is 1.33. The van der Waals surface area contributed by atoms with E-state index in [4.69, 9.17) is 0 Å². The van der Waals surface area contributed by atoms with Crippen LogP contribution in [0.3, 0.4) is 0 Å². The molecule has 1 aliphatic heterocycles. The number of hydrogen-bond acceptors (Lipinski definition) is 4. The fourth-order valence-electron chi connectivity index (χ4n) is 3.80. The highest BCUT2D eigenvalue weighted by molar-refractivity contribution is 5.82. The molecule has 0 spiro atoms.